The highest BCUT2D eigenvalue weighted by Crippen LogP contribution is 2.38. The molecule has 21 heavy (non-hydrogen) atoms. The molecule has 1 aliphatic heterocycles. The average molecular weight is 282 g/mol. The van der Waals surface area contributed by atoms with E-state index in [4.69, 9.17) is 10.5 Å². The van der Waals surface area contributed by atoms with E-state index in [0.717, 1.165) is 16.8 Å². The maximum Gasteiger partial charge on any atom is 0.268 e. The van der Waals surface area contributed by atoms with Gasteiger partial charge in [0, 0.05) is 11.8 Å². The van der Waals surface area contributed by atoms with Crippen LogP contribution in [0.2, 0.25) is 0 Å². The second-order valence-corrected chi connectivity index (χ2v) is 5.35. The van der Waals surface area contributed by atoms with Gasteiger partial charge >= 0.3 is 0 Å². The molecular formula is C17H18N2O2. The number of hydrogen-bond acceptors (Lipinski definition) is 3. The molecule has 4 nitrogen and oxygen atoms in total. The summed E-state index contributed by atoms with van der Waals surface area (Å²) in [7, 11) is 0. The smallest absolute Gasteiger partial charge is 0.268 e. The third-order valence-corrected chi connectivity index (χ3v) is 3.74. The van der Waals surface area contributed by atoms with Crippen molar-refractivity contribution in [3.05, 3.63) is 53.6 Å². The molecule has 3 rings (SSSR count). The normalized spacial score (nSPS) is 17.3. The van der Waals surface area contributed by atoms with Crippen LogP contribution in [0.15, 0.2) is 42.5 Å². The van der Waals surface area contributed by atoms with Crippen LogP contribution in [0.4, 0.5) is 11.4 Å². The largest absolute Gasteiger partial charge is 0.479 e. The SMILES string of the molecule is Cc1cc2c(cc1N)O[C@H](C)C(=O)N2Cc1ccccc1. The van der Waals surface area contributed by atoms with Crippen molar-refractivity contribution in [3.63, 3.8) is 0 Å². The fourth-order valence-electron chi connectivity index (χ4n) is 2.50. The standard InChI is InChI=1S/C17H18N2O2/c1-11-8-15-16(9-14(11)18)21-12(2)17(20)19(15)10-13-6-4-3-5-7-13/h3-9,12H,10,18H2,1-2H3/t12-/m1/s1. The number of anilines is 2. The number of nitrogens with two attached hydrogens (primary N) is 1. The van der Waals surface area contributed by atoms with Gasteiger partial charge in [-0.3, -0.25) is 4.79 Å². The second kappa shape index (κ2) is 5.13. The highest BCUT2D eigenvalue weighted by atomic mass is 16.5. The Morgan fingerprint density at radius 3 is 2.67 bits per heavy atom. The van der Waals surface area contributed by atoms with Crippen molar-refractivity contribution in [2.45, 2.75) is 26.5 Å². The van der Waals surface area contributed by atoms with E-state index in [1.54, 1.807) is 17.9 Å². The summed E-state index contributed by atoms with van der Waals surface area (Å²) in [6.07, 6.45) is -0.497. The minimum atomic E-state index is -0.497. The quantitative estimate of drug-likeness (QED) is 0.862. The summed E-state index contributed by atoms with van der Waals surface area (Å²) in [5, 5.41) is 0. The molecule has 0 saturated carbocycles. The van der Waals surface area contributed by atoms with E-state index < -0.39 is 6.10 Å². The van der Waals surface area contributed by atoms with Crippen LogP contribution in [-0.4, -0.2) is 12.0 Å². The summed E-state index contributed by atoms with van der Waals surface area (Å²) < 4.78 is 5.68. The van der Waals surface area contributed by atoms with E-state index in [1.165, 1.54) is 0 Å². The number of amides is 1. The first-order valence-electron chi connectivity index (χ1n) is 6.98. The lowest BCUT2D eigenvalue weighted by Crippen LogP contribution is -2.44. The minimum absolute atomic E-state index is 0.0319. The van der Waals surface area contributed by atoms with Gasteiger partial charge in [-0.1, -0.05) is 30.3 Å². The second-order valence-electron chi connectivity index (χ2n) is 5.35. The van der Waals surface area contributed by atoms with E-state index in [9.17, 15) is 4.79 Å². The summed E-state index contributed by atoms with van der Waals surface area (Å²) in [6, 6.07) is 13.6. The number of carbonyl (C=O) groups excluding carboxylic acids is 1. The molecule has 1 atom stereocenters. The molecule has 0 fully saturated rings. The molecule has 2 aromatic rings. The lowest BCUT2D eigenvalue weighted by atomic mass is 10.1. The fraction of sp³-hybridized carbons (Fsp3) is 0.235. The Balaban J connectivity index is 2.03. The van der Waals surface area contributed by atoms with E-state index in [-0.39, 0.29) is 5.91 Å². The van der Waals surface area contributed by atoms with Gasteiger partial charge in [-0.15, -0.1) is 0 Å². The molecule has 0 saturated heterocycles. The van der Waals surface area contributed by atoms with Gasteiger partial charge in [0.1, 0.15) is 5.75 Å². The molecule has 1 heterocycles. The van der Waals surface area contributed by atoms with Crippen molar-refractivity contribution < 1.29 is 9.53 Å². The molecule has 0 aliphatic carbocycles. The molecule has 0 bridgehead atoms. The maximum atomic E-state index is 12.5. The van der Waals surface area contributed by atoms with Crippen LogP contribution < -0.4 is 15.4 Å². The van der Waals surface area contributed by atoms with Crippen LogP contribution in [0.25, 0.3) is 0 Å². The number of nitrogen functional groups attached to an aromatic ring is 1. The van der Waals surface area contributed by atoms with Gasteiger partial charge in [0.25, 0.3) is 5.91 Å². The Bertz CT molecular complexity index is 683. The summed E-state index contributed by atoms with van der Waals surface area (Å²) in [5.41, 5.74) is 9.43. The molecule has 0 radical (unpaired) electrons. The average Bonchev–Trinajstić information content (AvgIpc) is 2.47. The van der Waals surface area contributed by atoms with Crippen LogP contribution >= 0.6 is 0 Å². The van der Waals surface area contributed by atoms with Gasteiger partial charge in [-0.05, 0) is 31.0 Å². The lowest BCUT2D eigenvalue weighted by molar-refractivity contribution is -0.125. The Kier molecular flexibility index (Phi) is 3.29. The van der Waals surface area contributed by atoms with Crippen molar-refractivity contribution in [3.8, 4) is 5.75 Å². The fourth-order valence-corrected chi connectivity index (χ4v) is 2.50. The molecule has 0 aromatic heterocycles. The summed E-state index contributed by atoms with van der Waals surface area (Å²) in [4.78, 5) is 14.2. The number of carbonyl (C=O) groups is 1. The van der Waals surface area contributed by atoms with Crippen LogP contribution in [0.5, 0.6) is 5.75 Å². The number of nitrogens with zero attached hydrogens (tertiary/aromatic N) is 1. The minimum Gasteiger partial charge on any atom is -0.479 e. The number of fused-ring (bicyclic) bond motifs is 1. The molecule has 2 aromatic carbocycles. The number of hydrogen-bond donors (Lipinski definition) is 1. The highest BCUT2D eigenvalue weighted by molar-refractivity contribution is 6.00. The monoisotopic (exact) mass is 282 g/mol. The molecular weight excluding hydrogens is 264 g/mol. The lowest BCUT2D eigenvalue weighted by Gasteiger charge is -2.33. The highest BCUT2D eigenvalue weighted by Gasteiger charge is 2.31. The van der Waals surface area contributed by atoms with E-state index >= 15 is 0 Å². The Morgan fingerprint density at radius 1 is 1.24 bits per heavy atom. The first-order chi connectivity index (χ1) is 10.1. The predicted molar refractivity (Wildman–Crippen MR) is 83.3 cm³/mol. The first kappa shape index (κ1) is 13.5. The molecule has 4 heteroatoms. The van der Waals surface area contributed by atoms with E-state index in [1.807, 2.05) is 43.3 Å². The zero-order valence-electron chi connectivity index (χ0n) is 12.2. The molecule has 1 amide bonds. The summed E-state index contributed by atoms with van der Waals surface area (Å²) in [5.74, 6) is 0.636. The maximum absolute atomic E-state index is 12.5. The Morgan fingerprint density at radius 2 is 1.95 bits per heavy atom. The van der Waals surface area contributed by atoms with Crippen molar-refractivity contribution in [2.75, 3.05) is 10.6 Å². The number of rotatable bonds is 2. The topological polar surface area (TPSA) is 55.6 Å². The van der Waals surface area contributed by atoms with Crippen LogP contribution in [0.1, 0.15) is 18.1 Å². The van der Waals surface area contributed by atoms with Gasteiger partial charge in [0.15, 0.2) is 6.10 Å². The predicted octanol–water partition coefficient (Wildman–Crippen LogP) is 2.89. The van der Waals surface area contributed by atoms with Gasteiger partial charge in [0.05, 0.1) is 12.2 Å². The van der Waals surface area contributed by atoms with Crippen LogP contribution in [0.3, 0.4) is 0 Å². The van der Waals surface area contributed by atoms with Crippen LogP contribution in [-0.2, 0) is 11.3 Å². The van der Waals surface area contributed by atoms with Crippen molar-refractivity contribution in [1.29, 1.82) is 0 Å². The molecule has 2 N–H and O–H groups in total. The van der Waals surface area contributed by atoms with E-state index in [2.05, 4.69) is 0 Å². The number of aryl methyl sites for hydroxylation is 1. The van der Waals surface area contributed by atoms with Gasteiger partial charge in [-0.25, -0.2) is 0 Å². The van der Waals surface area contributed by atoms with Gasteiger partial charge < -0.3 is 15.4 Å². The van der Waals surface area contributed by atoms with Crippen molar-refractivity contribution in [2.24, 2.45) is 0 Å². The Labute approximate surface area is 124 Å². The van der Waals surface area contributed by atoms with Crippen molar-refractivity contribution >= 4 is 17.3 Å². The third-order valence-electron chi connectivity index (χ3n) is 3.74. The zero-order valence-corrected chi connectivity index (χ0v) is 12.2. The van der Waals surface area contributed by atoms with E-state index in [0.29, 0.717) is 18.0 Å². The number of benzene rings is 2. The first-order valence-corrected chi connectivity index (χ1v) is 6.98. The summed E-state index contributed by atoms with van der Waals surface area (Å²) in [6.45, 7) is 4.22. The summed E-state index contributed by atoms with van der Waals surface area (Å²) >= 11 is 0. The Hall–Kier alpha value is -2.49. The zero-order chi connectivity index (χ0) is 15.0. The van der Waals surface area contributed by atoms with Gasteiger partial charge in [-0.2, -0.15) is 0 Å². The van der Waals surface area contributed by atoms with Crippen molar-refractivity contribution in [1.82, 2.24) is 0 Å². The number of ether oxygens (including phenoxy) is 1. The van der Waals surface area contributed by atoms with Crippen LogP contribution in [0, 0.1) is 6.92 Å². The molecule has 108 valence electrons. The molecule has 1 aliphatic rings. The molecule has 0 spiro atoms. The third kappa shape index (κ3) is 2.44. The van der Waals surface area contributed by atoms with Gasteiger partial charge in [0.2, 0.25) is 0 Å². The molecule has 0 unspecified atom stereocenters.